The Bertz CT molecular complexity index is 706. The summed E-state index contributed by atoms with van der Waals surface area (Å²) in [6.45, 7) is 2.55. The third kappa shape index (κ3) is 4.57. The van der Waals surface area contributed by atoms with Crippen molar-refractivity contribution in [3.63, 3.8) is 0 Å². The highest BCUT2D eigenvalue weighted by molar-refractivity contribution is 9.10. The van der Waals surface area contributed by atoms with Crippen molar-refractivity contribution in [1.29, 1.82) is 0 Å². The predicted molar refractivity (Wildman–Crippen MR) is 101 cm³/mol. The van der Waals surface area contributed by atoms with Crippen LogP contribution in [0.25, 0.3) is 0 Å². The lowest BCUT2D eigenvalue weighted by atomic mass is 10.0. The molecule has 0 spiro atoms. The number of amides is 1. The molecular weight excluding hydrogens is 388 g/mol. The normalized spacial score (nSPS) is 13.4. The number of rotatable bonds is 6. The fraction of sp³-hybridized carbons (Fsp3) is 0.444. The van der Waals surface area contributed by atoms with Crippen molar-refractivity contribution in [2.24, 2.45) is 0 Å². The Morgan fingerprint density at radius 3 is 3.00 bits per heavy atom. The molecule has 1 N–H and O–H groups in total. The number of hydrogen-bond donors (Lipinski definition) is 1. The van der Waals surface area contributed by atoms with E-state index >= 15 is 0 Å². The second kappa shape index (κ2) is 8.12. The van der Waals surface area contributed by atoms with Gasteiger partial charge in [-0.05, 0) is 72.7 Å². The van der Waals surface area contributed by atoms with Gasteiger partial charge >= 0.3 is 0 Å². The van der Waals surface area contributed by atoms with Crippen LogP contribution >= 0.6 is 27.3 Å². The molecule has 0 saturated heterocycles. The molecule has 0 aliphatic heterocycles. The van der Waals surface area contributed by atoms with E-state index in [4.69, 9.17) is 4.74 Å². The first-order chi connectivity index (χ1) is 11.6. The maximum absolute atomic E-state index is 12.0. The van der Waals surface area contributed by atoms with E-state index in [2.05, 4.69) is 26.2 Å². The van der Waals surface area contributed by atoms with E-state index in [-0.39, 0.29) is 5.91 Å². The minimum atomic E-state index is 0.00710. The van der Waals surface area contributed by atoms with Gasteiger partial charge in [0.2, 0.25) is 5.91 Å². The topological polar surface area (TPSA) is 51.2 Å². The van der Waals surface area contributed by atoms with Gasteiger partial charge in [-0.1, -0.05) is 6.07 Å². The number of nitrogens with zero attached hydrogens (tertiary/aromatic N) is 1. The van der Waals surface area contributed by atoms with Crippen LogP contribution in [0.4, 0.5) is 5.13 Å². The van der Waals surface area contributed by atoms with Gasteiger partial charge in [0.05, 0.1) is 16.8 Å². The molecule has 0 saturated carbocycles. The SMILES string of the molecule is Cc1ccc(OCCCC(=O)Nc2nc3c(s2)CCCC3)c(Br)c1. The van der Waals surface area contributed by atoms with E-state index in [1.807, 2.05) is 25.1 Å². The summed E-state index contributed by atoms with van der Waals surface area (Å²) in [5, 5.41) is 3.66. The van der Waals surface area contributed by atoms with Crippen LogP contribution in [-0.2, 0) is 17.6 Å². The summed E-state index contributed by atoms with van der Waals surface area (Å²) in [5.74, 6) is 0.821. The monoisotopic (exact) mass is 408 g/mol. The number of benzene rings is 1. The quantitative estimate of drug-likeness (QED) is 0.692. The smallest absolute Gasteiger partial charge is 0.226 e. The molecule has 1 aliphatic carbocycles. The van der Waals surface area contributed by atoms with Gasteiger partial charge in [0, 0.05) is 11.3 Å². The lowest BCUT2D eigenvalue weighted by Gasteiger charge is -2.08. The van der Waals surface area contributed by atoms with Crippen molar-refractivity contribution in [2.75, 3.05) is 11.9 Å². The number of carbonyl (C=O) groups is 1. The van der Waals surface area contributed by atoms with Gasteiger partial charge in [-0.15, -0.1) is 11.3 Å². The molecule has 1 aromatic carbocycles. The second-order valence-electron chi connectivity index (χ2n) is 6.03. The lowest BCUT2D eigenvalue weighted by Crippen LogP contribution is -2.12. The number of ether oxygens (including phenoxy) is 1. The standard InChI is InChI=1S/C18H21BrN2O2S/c1-12-8-9-15(13(19)11-12)23-10-4-7-17(22)21-18-20-14-5-2-3-6-16(14)24-18/h8-9,11H,2-7,10H2,1H3,(H,20,21,22). The molecule has 2 aromatic rings. The number of aromatic nitrogens is 1. The Balaban J connectivity index is 1.42. The van der Waals surface area contributed by atoms with Crippen molar-refractivity contribution >= 4 is 38.3 Å². The van der Waals surface area contributed by atoms with E-state index in [0.29, 0.717) is 19.4 Å². The third-order valence-electron chi connectivity index (χ3n) is 3.99. The molecule has 0 unspecified atom stereocenters. The Labute approximate surface area is 154 Å². The van der Waals surface area contributed by atoms with Gasteiger partial charge in [-0.3, -0.25) is 4.79 Å². The van der Waals surface area contributed by atoms with Crippen molar-refractivity contribution < 1.29 is 9.53 Å². The summed E-state index contributed by atoms with van der Waals surface area (Å²) in [5.41, 5.74) is 2.36. The first kappa shape index (κ1) is 17.4. The molecule has 0 bridgehead atoms. The highest BCUT2D eigenvalue weighted by Gasteiger charge is 2.16. The summed E-state index contributed by atoms with van der Waals surface area (Å²) in [4.78, 5) is 17.9. The van der Waals surface area contributed by atoms with Crippen molar-refractivity contribution in [3.8, 4) is 5.75 Å². The average molecular weight is 409 g/mol. The maximum Gasteiger partial charge on any atom is 0.226 e. The molecule has 0 radical (unpaired) electrons. The number of fused-ring (bicyclic) bond motifs is 1. The number of thiazole rings is 1. The number of anilines is 1. The molecule has 3 rings (SSSR count). The third-order valence-corrected chi connectivity index (χ3v) is 5.68. The maximum atomic E-state index is 12.0. The summed E-state index contributed by atoms with van der Waals surface area (Å²) in [7, 11) is 0. The van der Waals surface area contributed by atoms with E-state index < -0.39 is 0 Å². The zero-order valence-corrected chi connectivity index (χ0v) is 16.1. The van der Waals surface area contributed by atoms with Crippen molar-refractivity contribution in [3.05, 3.63) is 38.8 Å². The number of aryl methyl sites for hydroxylation is 3. The highest BCUT2D eigenvalue weighted by Crippen LogP contribution is 2.29. The second-order valence-corrected chi connectivity index (χ2v) is 7.97. The molecule has 1 heterocycles. The van der Waals surface area contributed by atoms with Crippen LogP contribution in [0.2, 0.25) is 0 Å². The zero-order valence-electron chi connectivity index (χ0n) is 13.7. The molecule has 128 valence electrons. The van der Waals surface area contributed by atoms with Crippen LogP contribution in [0.3, 0.4) is 0 Å². The van der Waals surface area contributed by atoms with E-state index in [1.54, 1.807) is 11.3 Å². The average Bonchev–Trinajstić information content (AvgIpc) is 2.95. The van der Waals surface area contributed by atoms with Gasteiger partial charge in [0.1, 0.15) is 5.75 Å². The van der Waals surface area contributed by atoms with Crippen LogP contribution in [-0.4, -0.2) is 17.5 Å². The van der Waals surface area contributed by atoms with E-state index in [9.17, 15) is 4.79 Å². The van der Waals surface area contributed by atoms with Gasteiger partial charge < -0.3 is 10.1 Å². The van der Waals surface area contributed by atoms with E-state index in [0.717, 1.165) is 28.2 Å². The summed E-state index contributed by atoms with van der Waals surface area (Å²) in [6.07, 6.45) is 5.69. The minimum absolute atomic E-state index is 0.00710. The van der Waals surface area contributed by atoms with Crippen LogP contribution in [0.5, 0.6) is 5.75 Å². The summed E-state index contributed by atoms with van der Waals surface area (Å²) >= 11 is 5.11. The Morgan fingerprint density at radius 2 is 2.21 bits per heavy atom. The number of hydrogen-bond acceptors (Lipinski definition) is 4. The van der Waals surface area contributed by atoms with Crippen LogP contribution < -0.4 is 10.1 Å². The lowest BCUT2D eigenvalue weighted by molar-refractivity contribution is -0.116. The molecule has 6 heteroatoms. The highest BCUT2D eigenvalue weighted by atomic mass is 79.9. The molecule has 1 amide bonds. The fourth-order valence-corrected chi connectivity index (χ4v) is 4.40. The van der Waals surface area contributed by atoms with Gasteiger partial charge in [0.25, 0.3) is 0 Å². The molecule has 0 atom stereocenters. The van der Waals surface area contributed by atoms with Gasteiger partial charge in [0.15, 0.2) is 5.13 Å². The first-order valence-electron chi connectivity index (χ1n) is 8.29. The minimum Gasteiger partial charge on any atom is -0.492 e. The Morgan fingerprint density at radius 1 is 1.38 bits per heavy atom. The number of carbonyl (C=O) groups excluding carboxylic acids is 1. The number of halogens is 1. The summed E-state index contributed by atoms with van der Waals surface area (Å²) in [6, 6.07) is 5.98. The Kier molecular flexibility index (Phi) is 5.89. The Hall–Kier alpha value is -1.40. The zero-order chi connectivity index (χ0) is 16.9. The van der Waals surface area contributed by atoms with Crippen LogP contribution in [0.1, 0.15) is 41.8 Å². The number of nitrogens with one attached hydrogen (secondary N) is 1. The van der Waals surface area contributed by atoms with Crippen molar-refractivity contribution in [1.82, 2.24) is 4.98 Å². The fourth-order valence-electron chi connectivity index (χ4n) is 2.73. The predicted octanol–water partition coefficient (Wildman–Crippen LogP) is 4.89. The molecule has 1 aliphatic rings. The molecular formula is C18H21BrN2O2S. The largest absolute Gasteiger partial charge is 0.492 e. The van der Waals surface area contributed by atoms with E-state index in [1.165, 1.54) is 29.0 Å². The molecule has 4 nitrogen and oxygen atoms in total. The van der Waals surface area contributed by atoms with Gasteiger partial charge in [-0.25, -0.2) is 4.98 Å². The van der Waals surface area contributed by atoms with Gasteiger partial charge in [-0.2, -0.15) is 0 Å². The molecule has 1 aromatic heterocycles. The van der Waals surface area contributed by atoms with Crippen LogP contribution in [0.15, 0.2) is 22.7 Å². The molecule has 0 fully saturated rings. The first-order valence-corrected chi connectivity index (χ1v) is 9.90. The van der Waals surface area contributed by atoms with Crippen molar-refractivity contribution in [2.45, 2.75) is 45.4 Å². The molecule has 24 heavy (non-hydrogen) atoms. The van der Waals surface area contributed by atoms with Crippen LogP contribution in [0, 0.1) is 6.92 Å². The summed E-state index contributed by atoms with van der Waals surface area (Å²) < 4.78 is 6.66.